The lowest BCUT2D eigenvalue weighted by molar-refractivity contribution is -0.142. The van der Waals surface area contributed by atoms with Crippen LogP contribution in [0.1, 0.15) is 16.7 Å². The molecule has 18 heteroatoms. The number of anilines is 1. The summed E-state index contributed by atoms with van der Waals surface area (Å²) in [6.07, 6.45) is 4.52. The number of rotatable bonds is 13. The van der Waals surface area contributed by atoms with Crippen molar-refractivity contribution in [2.24, 2.45) is 11.5 Å². The van der Waals surface area contributed by atoms with Crippen molar-refractivity contribution in [2.45, 2.75) is 37.4 Å². The minimum atomic E-state index is -1.02. The SMILES string of the molecule is COC(=O)[C@@H](N)Cc1ccc(O)cc1.COC(=O)[C@H](Cc1ccc(O)cc1)Nc1ncc(-c2ccccc2)s1.Cl.Clc1ncc(-c2ccccc2)o1.N[C@@H](Cc1ccc(O)cc1)C(=O)O. The number of carboxylic acids is 1. The number of aromatic hydroxyl groups is 3. The second kappa shape index (κ2) is 27.3. The molecule has 7 aromatic rings. The number of nitrogens with zero attached hydrogens (tertiary/aromatic N) is 2. The molecule has 0 aliphatic heterocycles. The highest BCUT2D eigenvalue weighted by Gasteiger charge is 2.21. The molecule has 65 heavy (non-hydrogen) atoms. The molecular weight excluding hydrogens is 898 g/mol. The van der Waals surface area contributed by atoms with Gasteiger partial charge in [-0.1, -0.05) is 108 Å². The summed E-state index contributed by atoms with van der Waals surface area (Å²) in [6, 6.07) is 37.2. The Morgan fingerprint density at radius 3 is 1.52 bits per heavy atom. The minimum Gasteiger partial charge on any atom is -0.508 e. The van der Waals surface area contributed by atoms with Crippen molar-refractivity contribution in [3.05, 3.63) is 168 Å². The van der Waals surface area contributed by atoms with E-state index in [-0.39, 0.29) is 47.4 Å². The third-order valence-electron chi connectivity index (χ3n) is 8.86. The maximum atomic E-state index is 12.1. The number of aliphatic carboxylic acids is 1. The first-order valence-corrected chi connectivity index (χ1v) is 20.6. The minimum absolute atomic E-state index is 0. The Balaban J connectivity index is 0.000000242. The number of carbonyl (C=O) groups is 3. The number of ether oxygens (including phenoxy) is 2. The maximum absolute atomic E-state index is 12.1. The van der Waals surface area contributed by atoms with Gasteiger partial charge in [-0.2, -0.15) is 0 Å². The molecule has 2 heterocycles. The quantitative estimate of drug-likeness (QED) is 0.0542. The first-order chi connectivity index (χ1) is 30.7. The molecule has 5 aromatic carbocycles. The van der Waals surface area contributed by atoms with Gasteiger partial charge >= 0.3 is 17.9 Å². The third-order valence-corrected chi connectivity index (χ3v) is 10.0. The number of aromatic nitrogens is 2. The van der Waals surface area contributed by atoms with E-state index in [2.05, 4.69) is 20.0 Å². The molecule has 9 N–H and O–H groups in total. The predicted molar refractivity (Wildman–Crippen MR) is 252 cm³/mol. The van der Waals surface area contributed by atoms with Gasteiger partial charge in [0.25, 0.3) is 5.35 Å². The molecule has 2 aromatic heterocycles. The van der Waals surface area contributed by atoms with Crippen LogP contribution < -0.4 is 16.8 Å². The Hall–Kier alpha value is -6.95. The van der Waals surface area contributed by atoms with Gasteiger partial charge in [0, 0.05) is 18.2 Å². The molecule has 3 atom stereocenters. The Bertz CT molecular complexity index is 2480. The Kier molecular flexibility index (Phi) is 22.0. The van der Waals surface area contributed by atoms with Gasteiger partial charge in [0.15, 0.2) is 10.9 Å². The standard InChI is InChI=1S/C19H18N2O3S.C10H13NO3.C9H6ClNO.C9H11NO3.ClH/c1-24-18(23)16(11-13-7-9-15(22)10-8-13)21-19-20-12-17(25-19)14-5-3-2-4-6-14;1-14-10(13)9(11)6-7-2-4-8(12)5-3-7;10-9-11-6-8(12-9)7-4-2-1-3-5-7;10-8(9(12)13)5-6-1-3-7(11)4-2-6;/h2-10,12,16,22H,11H2,1H3,(H,20,21);2-5,9,12H,6,11H2,1H3;1-6H;1-4,8,11H,5,10H2,(H,12,13);1H/t16-;9-;;8-;/m00.0./s1. The van der Waals surface area contributed by atoms with Crippen LogP contribution in [0.5, 0.6) is 17.2 Å². The van der Waals surface area contributed by atoms with Crippen LogP contribution in [0.25, 0.3) is 21.8 Å². The van der Waals surface area contributed by atoms with Gasteiger partial charge in [-0.25, -0.2) is 14.8 Å². The van der Waals surface area contributed by atoms with Gasteiger partial charge in [-0.15, -0.1) is 12.4 Å². The lowest BCUT2D eigenvalue weighted by Crippen LogP contribution is -2.33. The molecule has 0 aliphatic carbocycles. The second-order valence-corrected chi connectivity index (χ2v) is 15.0. The highest BCUT2D eigenvalue weighted by Crippen LogP contribution is 2.29. The molecule has 0 fully saturated rings. The summed E-state index contributed by atoms with van der Waals surface area (Å²) in [7, 11) is 2.67. The van der Waals surface area contributed by atoms with E-state index in [1.165, 1.54) is 37.7 Å². The number of thiazole rings is 1. The number of carbonyl (C=O) groups excluding carboxylic acids is 2. The number of phenolic OH excluding ortho intramolecular Hbond substituents is 3. The van der Waals surface area contributed by atoms with Crippen molar-refractivity contribution in [3.63, 3.8) is 0 Å². The number of halogens is 2. The summed E-state index contributed by atoms with van der Waals surface area (Å²) in [5.74, 6) is -0.567. The number of nitrogens with one attached hydrogen (secondary N) is 1. The molecule has 342 valence electrons. The summed E-state index contributed by atoms with van der Waals surface area (Å²) in [4.78, 5) is 42.7. The fourth-order valence-electron chi connectivity index (χ4n) is 5.51. The van der Waals surface area contributed by atoms with Crippen LogP contribution in [0.15, 0.2) is 150 Å². The zero-order valence-corrected chi connectivity index (χ0v) is 37.6. The number of benzene rings is 5. The number of esters is 2. The van der Waals surface area contributed by atoms with E-state index in [1.807, 2.05) is 60.7 Å². The van der Waals surface area contributed by atoms with Crippen LogP contribution in [0.2, 0.25) is 5.35 Å². The summed E-state index contributed by atoms with van der Waals surface area (Å²) in [5.41, 5.74) is 15.6. The van der Waals surface area contributed by atoms with Crippen molar-refractivity contribution in [1.29, 1.82) is 0 Å². The maximum Gasteiger partial charge on any atom is 0.328 e. The first kappa shape index (κ1) is 52.4. The highest BCUT2D eigenvalue weighted by atomic mass is 35.5. The molecule has 0 unspecified atom stereocenters. The van der Waals surface area contributed by atoms with E-state index in [0.29, 0.717) is 23.7 Å². The first-order valence-electron chi connectivity index (χ1n) is 19.4. The van der Waals surface area contributed by atoms with E-state index in [4.69, 9.17) is 47.5 Å². The van der Waals surface area contributed by atoms with Gasteiger partial charge in [0.05, 0.1) is 25.3 Å². The summed E-state index contributed by atoms with van der Waals surface area (Å²) >= 11 is 7.02. The lowest BCUT2D eigenvalue weighted by atomic mass is 10.1. The Morgan fingerprint density at radius 1 is 0.646 bits per heavy atom. The molecule has 0 bridgehead atoms. The van der Waals surface area contributed by atoms with Gasteiger partial charge in [0.2, 0.25) is 0 Å². The van der Waals surface area contributed by atoms with Crippen molar-refractivity contribution in [2.75, 3.05) is 19.5 Å². The van der Waals surface area contributed by atoms with Crippen LogP contribution in [-0.4, -0.2) is 80.6 Å². The second-order valence-electron chi connectivity index (χ2n) is 13.6. The van der Waals surface area contributed by atoms with Crippen LogP contribution in [0, 0.1) is 0 Å². The van der Waals surface area contributed by atoms with Crippen LogP contribution >= 0.6 is 35.3 Å². The number of nitrogens with two attached hydrogens (primary N) is 2. The number of carboxylic acid groups (broad SMARTS) is 1. The Labute approximate surface area is 390 Å². The molecule has 0 saturated heterocycles. The van der Waals surface area contributed by atoms with E-state index in [1.54, 1.807) is 73.1 Å². The van der Waals surface area contributed by atoms with Crippen molar-refractivity contribution in [1.82, 2.24) is 9.97 Å². The number of hydrogen-bond acceptors (Lipinski definition) is 15. The van der Waals surface area contributed by atoms with Gasteiger partial charge < -0.3 is 51.1 Å². The van der Waals surface area contributed by atoms with E-state index < -0.39 is 30.1 Å². The fourth-order valence-corrected chi connectivity index (χ4v) is 6.52. The summed E-state index contributed by atoms with van der Waals surface area (Å²) in [6.45, 7) is 0. The van der Waals surface area contributed by atoms with E-state index in [0.717, 1.165) is 32.7 Å². The average Bonchev–Trinajstić information content (AvgIpc) is 3.98. The average molecular weight is 947 g/mol. The van der Waals surface area contributed by atoms with E-state index >= 15 is 0 Å². The normalized spacial score (nSPS) is 11.5. The molecule has 0 aliphatic rings. The van der Waals surface area contributed by atoms with Crippen LogP contribution in [-0.2, 0) is 43.1 Å². The topological polar surface area (TPSA) is 254 Å². The van der Waals surface area contributed by atoms with Gasteiger partial charge in [-0.3, -0.25) is 9.59 Å². The monoisotopic (exact) mass is 945 g/mol. The van der Waals surface area contributed by atoms with Gasteiger partial charge in [-0.05, 0) is 83.1 Å². The Morgan fingerprint density at radius 2 is 1.09 bits per heavy atom. The number of oxazole rings is 1. The molecule has 0 spiro atoms. The van der Waals surface area contributed by atoms with Crippen molar-refractivity contribution < 1.29 is 48.7 Å². The molecule has 0 saturated carbocycles. The number of methoxy groups -OCH3 is 2. The zero-order valence-electron chi connectivity index (χ0n) is 35.2. The van der Waals surface area contributed by atoms with Crippen LogP contribution in [0.4, 0.5) is 5.13 Å². The lowest BCUT2D eigenvalue weighted by Gasteiger charge is -2.15. The molecule has 7 rings (SSSR count). The molecule has 0 radical (unpaired) electrons. The largest absolute Gasteiger partial charge is 0.508 e. The van der Waals surface area contributed by atoms with Crippen molar-refractivity contribution in [3.8, 4) is 39.0 Å². The zero-order chi connectivity index (χ0) is 46.4. The smallest absolute Gasteiger partial charge is 0.328 e. The summed E-state index contributed by atoms with van der Waals surface area (Å²) in [5, 5.41) is 39.9. The highest BCUT2D eigenvalue weighted by molar-refractivity contribution is 7.18. The molecule has 0 amide bonds. The van der Waals surface area contributed by atoms with Crippen molar-refractivity contribution >= 4 is 58.4 Å². The fraction of sp³-hybridized carbons (Fsp3) is 0.170. The molecular formula is C47H49Cl2N5O10S. The molecule has 15 nitrogen and oxygen atoms in total. The van der Waals surface area contributed by atoms with E-state index in [9.17, 15) is 19.5 Å². The number of hydrogen-bond donors (Lipinski definition) is 7. The van der Waals surface area contributed by atoms with Gasteiger partial charge in [0.1, 0.15) is 35.4 Å². The van der Waals surface area contributed by atoms with Crippen LogP contribution in [0.3, 0.4) is 0 Å². The predicted octanol–water partition coefficient (Wildman–Crippen LogP) is 7.91. The number of phenols is 3. The third kappa shape index (κ3) is 18.4. The summed E-state index contributed by atoms with van der Waals surface area (Å²) < 4.78 is 14.5.